The normalized spacial score (nSPS) is 19.0. The van der Waals surface area contributed by atoms with Crippen molar-refractivity contribution in [2.75, 3.05) is 39.3 Å². The molecule has 1 aromatic rings. The number of likely N-dealkylation sites (tertiary alicyclic amines) is 1. The number of guanidine groups is 1. The molecule has 1 aliphatic carbocycles. The first-order chi connectivity index (χ1) is 13.8. The zero-order valence-electron chi connectivity index (χ0n) is 17.5. The first-order valence-electron chi connectivity index (χ1n) is 11.2. The molecule has 2 fully saturated rings. The lowest BCUT2D eigenvalue weighted by Gasteiger charge is -2.31. The molecule has 2 aliphatic rings. The number of rotatable bonds is 11. The third-order valence-electron chi connectivity index (χ3n) is 5.60. The zero-order chi connectivity index (χ0) is 19.4. The van der Waals surface area contributed by atoms with E-state index in [1.807, 2.05) is 0 Å². The van der Waals surface area contributed by atoms with E-state index in [9.17, 15) is 0 Å². The predicted octanol–water partition coefficient (Wildman–Crippen LogP) is 3.41. The molecule has 3 rings (SSSR count). The number of benzene rings is 1. The van der Waals surface area contributed by atoms with Gasteiger partial charge in [-0.3, -0.25) is 9.89 Å². The van der Waals surface area contributed by atoms with Gasteiger partial charge in [-0.05, 0) is 44.1 Å². The summed E-state index contributed by atoms with van der Waals surface area (Å²) >= 11 is 0. The molecule has 156 valence electrons. The van der Waals surface area contributed by atoms with E-state index in [1.165, 1.54) is 24.8 Å². The summed E-state index contributed by atoms with van der Waals surface area (Å²) in [5.74, 6) is 1.92. The van der Waals surface area contributed by atoms with Crippen molar-refractivity contribution in [3.63, 3.8) is 0 Å². The van der Waals surface area contributed by atoms with Crippen molar-refractivity contribution < 1.29 is 4.74 Å². The maximum absolute atomic E-state index is 6.11. The Labute approximate surface area is 170 Å². The molecule has 1 heterocycles. The molecule has 28 heavy (non-hydrogen) atoms. The highest BCUT2D eigenvalue weighted by molar-refractivity contribution is 5.79. The predicted molar refractivity (Wildman–Crippen MR) is 117 cm³/mol. The van der Waals surface area contributed by atoms with E-state index >= 15 is 0 Å². The molecule has 1 saturated carbocycles. The van der Waals surface area contributed by atoms with Gasteiger partial charge in [0.05, 0.1) is 6.10 Å². The summed E-state index contributed by atoms with van der Waals surface area (Å²) in [6.45, 7) is 9.02. The Balaban J connectivity index is 1.24. The molecule has 0 atom stereocenters. The van der Waals surface area contributed by atoms with Crippen LogP contribution in [-0.4, -0.2) is 56.3 Å². The highest BCUT2D eigenvalue weighted by atomic mass is 16.5. The second kappa shape index (κ2) is 12.1. The summed E-state index contributed by atoms with van der Waals surface area (Å²) < 4.78 is 6.11. The lowest BCUT2D eigenvalue weighted by atomic mass is 10.1. The van der Waals surface area contributed by atoms with Crippen LogP contribution in [0.25, 0.3) is 0 Å². The van der Waals surface area contributed by atoms with Gasteiger partial charge in [0.1, 0.15) is 0 Å². The van der Waals surface area contributed by atoms with E-state index < -0.39 is 0 Å². The molecule has 0 unspecified atom stereocenters. The van der Waals surface area contributed by atoms with Gasteiger partial charge in [0.25, 0.3) is 0 Å². The monoisotopic (exact) mass is 386 g/mol. The van der Waals surface area contributed by atoms with E-state index in [1.54, 1.807) is 0 Å². The molecule has 0 aromatic heterocycles. The van der Waals surface area contributed by atoms with Crippen LogP contribution in [0, 0.1) is 5.92 Å². The highest BCUT2D eigenvalue weighted by Gasteiger charge is 2.20. The van der Waals surface area contributed by atoms with Crippen molar-refractivity contribution in [1.82, 2.24) is 15.5 Å². The Bertz CT molecular complexity index is 565. The molecular weight excluding hydrogens is 348 g/mol. The lowest BCUT2D eigenvalue weighted by Crippen LogP contribution is -2.38. The summed E-state index contributed by atoms with van der Waals surface area (Å²) in [5, 5.41) is 6.78. The summed E-state index contributed by atoms with van der Waals surface area (Å²) in [6, 6.07) is 10.8. The standard InChI is InChI=1S/C23H38N4O/c1-2-24-23(26-15-11-20-9-10-20)25-14-6-18-28-22-12-16-27(17-13-22)19-21-7-4-3-5-8-21/h3-5,7-8,20,22H,2,6,9-19H2,1H3,(H2,24,25,26). The van der Waals surface area contributed by atoms with Crippen molar-refractivity contribution >= 4 is 5.96 Å². The molecule has 0 radical (unpaired) electrons. The van der Waals surface area contributed by atoms with Gasteiger partial charge >= 0.3 is 0 Å². The molecule has 1 aliphatic heterocycles. The Morgan fingerprint density at radius 2 is 1.89 bits per heavy atom. The van der Waals surface area contributed by atoms with Crippen LogP contribution in [0.5, 0.6) is 0 Å². The topological polar surface area (TPSA) is 48.9 Å². The van der Waals surface area contributed by atoms with Crippen LogP contribution in [0.2, 0.25) is 0 Å². The van der Waals surface area contributed by atoms with Crippen LogP contribution in [0.15, 0.2) is 35.3 Å². The zero-order valence-corrected chi connectivity index (χ0v) is 17.5. The smallest absolute Gasteiger partial charge is 0.191 e. The maximum Gasteiger partial charge on any atom is 0.191 e. The second-order valence-electron chi connectivity index (χ2n) is 8.10. The van der Waals surface area contributed by atoms with Gasteiger partial charge in [-0.25, -0.2) is 0 Å². The fraction of sp³-hybridized carbons (Fsp3) is 0.696. The van der Waals surface area contributed by atoms with E-state index in [2.05, 4.69) is 57.8 Å². The molecule has 5 heteroatoms. The van der Waals surface area contributed by atoms with Crippen LogP contribution >= 0.6 is 0 Å². The second-order valence-corrected chi connectivity index (χ2v) is 8.10. The van der Waals surface area contributed by atoms with Crippen molar-refractivity contribution in [2.24, 2.45) is 10.9 Å². The van der Waals surface area contributed by atoms with E-state index in [-0.39, 0.29) is 0 Å². The van der Waals surface area contributed by atoms with Crippen molar-refractivity contribution in [3.8, 4) is 0 Å². The van der Waals surface area contributed by atoms with Crippen molar-refractivity contribution in [3.05, 3.63) is 35.9 Å². The van der Waals surface area contributed by atoms with Crippen LogP contribution in [0.4, 0.5) is 0 Å². The first-order valence-corrected chi connectivity index (χ1v) is 11.2. The van der Waals surface area contributed by atoms with Gasteiger partial charge in [-0.1, -0.05) is 43.2 Å². The third kappa shape index (κ3) is 8.19. The molecule has 2 N–H and O–H groups in total. The van der Waals surface area contributed by atoms with Crippen LogP contribution in [0.3, 0.4) is 0 Å². The lowest BCUT2D eigenvalue weighted by molar-refractivity contribution is 0.00566. The van der Waals surface area contributed by atoms with Crippen molar-refractivity contribution in [2.45, 2.75) is 58.1 Å². The minimum Gasteiger partial charge on any atom is -0.378 e. The molecule has 0 spiro atoms. The highest BCUT2D eigenvalue weighted by Crippen LogP contribution is 2.31. The van der Waals surface area contributed by atoms with E-state index in [0.717, 1.165) is 77.0 Å². The Morgan fingerprint density at radius 3 is 2.61 bits per heavy atom. The van der Waals surface area contributed by atoms with Crippen LogP contribution < -0.4 is 10.6 Å². The molecule has 1 aromatic carbocycles. The van der Waals surface area contributed by atoms with Crippen molar-refractivity contribution in [1.29, 1.82) is 0 Å². The van der Waals surface area contributed by atoms with E-state index in [4.69, 9.17) is 4.74 Å². The number of nitrogens with one attached hydrogen (secondary N) is 2. The summed E-state index contributed by atoms with van der Waals surface area (Å²) in [6.07, 6.45) is 7.79. The van der Waals surface area contributed by atoms with Crippen LogP contribution in [0.1, 0.15) is 51.0 Å². The number of nitrogens with zero attached hydrogens (tertiary/aromatic N) is 2. The fourth-order valence-corrected chi connectivity index (χ4v) is 3.72. The number of aliphatic imine (C=N–C) groups is 1. The molecule has 5 nitrogen and oxygen atoms in total. The molecule has 0 bridgehead atoms. The van der Waals surface area contributed by atoms with Gasteiger partial charge in [0.2, 0.25) is 0 Å². The van der Waals surface area contributed by atoms with E-state index in [0.29, 0.717) is 6.10 Å². The largest absolute Gasteiger partial charge is 0.378 e. The number of hydrogen-bond donors (Lipinski definition) is 2. The maximum atomic E-state index is 6.11. The fourth-order valence-electron chi connectivity index (χ4n) is 3.72. The number of ether oxygens (including phenoxy) is 1. The molecule has 0 amide bonds. The molecular formula is C23H38N4O. The van der Waals surface area contributed by atoms with Gasteiger partial charge in [-0.15, -0.1) is 0 Å². The van der Waals surface area contributed by atoms with Gasteiger partial charge in [0, 0.05) is 45.9 Å². The summed E-state index contributed by atoms with van der Waals surface area (Å²) in [4.78, 5) is 7.22. The third-order valence-corrected chi connectivity index (χ3v) is 5.60. The average molecular weight is 387 g/mol. The SMILES string of the molecule is CCNC(=NCCCOC1CCN(Cc2ccccc2)CC1)NCCC1CC1. The minimum absolute atomic E-state index is 0.418. The quantitative estimate of drug-likeness (QED) is 0.348. The first kappa shape index (κ1) is 21.1. The summed E-state index contributed by atoms with van der Waals surface area (Å²) in [5.41, 5.74) is 1.40. The van der Waals surface area contributed by atoms with Gasteiger partial charge in [-0.2, -0.15) is 0 Å². The minimum atomic E-state index is 0.418. The molecule has 1 saturated heterocycles. The van der Waals surface area contributed by atoms with Crippen LogP contribution in [-0.2, 0) is 11.3 Å². The number of piperidine rings is 1. The number of hydrogen-bond acceptors (Lipinski definition) is 3. The Morgan fingerprint density at radius 1 is 1.11 bits per heavy atom. The Kier molecular flexibility index (Phi) is 9.11. The Hall–Kier alpha value is -1.59. The summed E-state index contributed by atoms with van der Waals surface area (Å²) in [7, 11) is 0. The average Bonchev–Trinajstić information content (AvgIpc) is 3.54. The van der Waals surface area contributed by atoms with Gasteiger partial charge in [0.15, 0.2) is 5.96 Å². The van der Waals surface area contributed by atoms with Gasteiger partial charge < -0.3 is 15.4 Å².